The van der Waals surface area contributed by atoms with E-state index in [1.54, 1.807) is 23.7 Å². The summed E-state index contributed by atoms with van der Waals surface area (Å²) in [6.07, 6.45) is 4.56. The van der Waals surface area contributed by atoms with Crippen LogP contribution in [0.3, 0.4) is 0 Å². The van der Waals surface area contributed by atoms with Gasteiger partial charge in [0.2, 0.25) is 0 Å². The van der Waals surface area contributed by atoms with Crippen LogP contribution in [0.1, 0.15) is 15.6 Å². The lowest BCUT2D eigenvalue weighted by atomic mass is 10.3. The third kappa shape index (κ3) is 2.94. The van der Waals surface area contributed by atoms with Gasteiger partial charge in [0.15, 0.2) is 0 Å². The molecular weight excluding hydrogens is 276 g/mol. The van der Waals surface area contributed by atoms with Gasteiger partial charge in [-0.3, -0.25) is 4.90 Å². The molecule has 0 saturated carbocycles. The summed E-state index contributed by atoms with van der Waals surface area (Å²) in [6, 6.07) is 4.00. The molecule has 0 fully saturated rings. The van der Waals surface area contributed by atoms with E-state index in [1.165, 1.54) is 11.0 Å². The zero-order valence-electron chi connectivity index (χ0n) is 10.8. The lowest BCUT2D eigenvalue weighted by Crippen LogP contribution is -2.32. The van der Waals surface area contributed by atoms with Crippen molar-refractivity contribution in [3.05, 3.63) is 40.1 Å². The molecule has 0 spiro atoms. The van der Waals surface area contributed by atoms with Crippen molar-refractivity contribution in [3.8, 4) is 0 Å². The fourth-order valence-electron chi connectivity index (χ4n) is 2.19. The number of carbonyl (C=O) groups is 1. The number of thiophene rings is 1. The molecule has 6 nitrogen and oxygen atoms in total. The fourth-order valence-corrected chi connectivity index (χ4v) is 3.15. The lowest BCUT2D eigenvalue weighted by Gasteiger charge is -2.26. The molecule has 0 saturated heterocycles. The minimum Gasteiger partial charge on any atom is -0.478 e. The molecule has 0 aliphatic carbocycles. The second-order valence-electron chi connectivity index (χ2n) is 4.63. The van der Waals surface area contributed by atoms with E-state index in [4.69, 9.17) is 5.11 Å². The third-order valence-corrected chi connectivity index (χ3v) is 4.21. The van der Waals surface area contributed by atoms with Gasteiger partial charge in [-0.2, -0.15) is 0 Å². The van der Waals surface area contributed by atoms with Gasteiger partial charge in [0, 0.05) is 35.5 Å². The molecule has 104 valence electrons. The summed E-state index contributed by atoms with van der Waals surface area (Å²) < 4.78 is 2.08. The van der Waals surface area contributed by atoms with Crippen LogP contribution in [0.4, 0.5) is 0 Å². The standard InChI is InChI=1S/C13H14N4O2S/c18-13(19)4-3-10-1-2-11(20-10)7-16-5-6-17-9-14-15-12(17)8-16/h1-4,9H,5-8H2,(H,18,19). The third-order valence-electron chi connectivity index (χ3n) is 3.17. The molecule has 2 aromatic heterocycles. The highest BCUT2D eigenvalue weighted by molar-refractivity contribution is 7.12. The Morgan fingerprint density at radius 3 is 3.20 bits per heavy atom. The second-order valence-corrected chi connectivity index (χ2v) is 5.83. The molecule has 20 heavy (non-hydrogen) atoms. The smallest absolute Gasteiger partial charge is 0.328 e. The van der Waals surface area contributed by atoms with Gasteiger partial charge in [-0.05, 0) is 18.2 Å². The number of hydrogen-bond acceptors (Lipinski definition) is 5. The Bertz CT molecular complexity index is 646. The number of aromatic nitrogens is 3. The van der Waals surface area contributed by atoms with E-state index in [9.17, 15) is 4.79 Å². The molecule has 1 aliphatic heterocycles. The summed E-state index contributed by atoms with van der Waals surface area (Å²) in [5.74, 6) is 0.0779. The van der Waals surface area contributed by atoms with Gasteiger partial charge in [-0.25, -0.2) is 4.79 Å². The van der Waals surface area contributed by atoms with Crippen LogP contribution in [0.15, 0.2) is 24.5 Å². The molecule has 1 N–H and O–H groups in total. The van der Waals surface area contributed by atoms with Crippen LogP contribution < -0.4 is 0 Å². The van der Waals surface area contributed by atoms with Crippen LogP contribution in [-0.2, 0) is 24.4 Å². The summed E-state index contributed by atoms with van der Waals surface area (Å²) in [6.45, 7) is 3.55. The molecule has 0 unspecified atom stereocenters. The van der Waals surface area contributed by atoms with E-state index in [1.807, 2.05) is 12.1 Å². The zero-order valence-corrected chi connectivity index (χ0v) is 11.6. The minimum absolute atomic E-state index is 0.804. The average molecular weight is 290 g/mol. The van der Waals surface area contributed by atoms with Crippen LogP contribution in [0.25, 0.3) is 6.08 Å². The van der Waals surface area contributed by atoms with E-state index in [0.29, 0.717) is 0 Å². The van der Waals surface area contributed by atoms with Gasteiger partial charge >= 0.3 is 5.97 Å². The van der Waals surface area contributed by atoms with Gasteiger partial charge in [0.25, 0.3) is 0 Å². The van der Waals surface area contributed by atoms with Crippen molar-refractivity contribution >= 4 is 23.4 Å². The monoisotopic (exact) mass is 290 g/mol. The molecular formula is C13H14N4O2S. The Hall–Kier alpha value is -1.99. The van der Waals surface area contributed by atoms with Gasteiger partial charge in [-0.1, -0.05) is 0 Å². The molecule has 0 amide bonds. The number of aliphatic carboxylic acids is 1. The number of carboxylic acid groups (broad SMARTS) is 1. The van der Waals surface area contributed by atoms with E-state index in [2.05, 4.69) is 19.7 Å². The first-order valence-electron chi connectivity index (χ1n) is 6.29. The molecule has 0 bridgehead atoms. The summed E-state index contributed by atoms with van der Waals surface area (Å²) >= 11 is 1.62. The molecule has 0 atom stereocenters. The van der Waals surface area contributed by atoms with Crippen molar-refractivity contribution in [2.24, 2.45) is 0 Å². The zero-order chi connectivity index (χ0) is 13.9. The quantitative estimate of drug-likeness (QED) is 0.863. The molecule has 3 rings (SSSR count). The summed E-state index contributed by atoms with van der Waals surface area (Å²) in [4.78, 5) is 15.0. The lowest BCUT2D eigenvalue weighted by molar-refractivity contribution is -0.131. The predicted octanol–water partition coefficient (Wildman–Crippen LogP) is 1.45. The van der Waals surface area contributed by atoms with Crippen molar-refractivity contribution < 1.29 is 9.90 Å². The highest BCUT2D eigenvalue weighted by atomic mass is 32.1. The first kappa shape index (κ1) is 13.0. The minimum atomic E-state index is -0.921. The number of rotatable bonds is 4. The van der Waals surface area contributed by atoms with Crippen molar-refractivity contribution in [1.82, 2.24) is 19.7 Å². The van der Waals surface area contributed by atoms with Crippen LogP contribution >= 0.6 is 11.3 Å². The fraction of sp³-hybridized carbons (Fsp3) is 0.308. The van der Waals surface area contributed by atoms with E-state index < -0.39 is 5.97 Å². The molecule has 0 radical (unpaired) electrons. The molecule has 0 aromatic carbocycles. The Balaban J connectivity index is 1.63. The normalized spacial score (nSPS) is 15.6. The molecule has 3 heterocycles. The van der Waals surface area contributed by atoms with E-state index >= 15 is 0 Å². The van der Waals surface area contributed by atoms with Gasteiger partial charge in [0.1, 0.15) is 12.2 Å². The predicted molar refractivity (Wildman–Crippen MR) is 75.1 cm³/mol. The van der Waals surface area contributed by atoms with Gasteiger partial charge < -0.3 is 9.67 Å². The maximum absolute atomic E-state index is 10.5. The molecule has 1 aliphatic rings. The maximum atomic E-state index is 10.5. The van der Waals surface area contributed by atoms with Crippen LogP contribution in [0, 0.1) is 0 Å². The maximum Gasteiger partial charge on any atom is 0.328 e. The van der Waals surface area contributed by atoms with Crippen LogP contribution in [-0.4, -0.2) is 37.3 Å². The Labute approximate surface area is 120 Å². The van der Waals surface area contributed by atoms with Crippen molar-refractivity contribution in [3.63, 3.8) is 0 Å². The van der Waals surface area contributed by atoms with Gasteiger partial charge in [-0.15, -0.1) is 21.5 Å². The number of nitrogens with zero attached hydrogens (tertiary/aromatic N) is 4. The van der Waals surface area contributed by atoms with Crippen molar-refractivity contribution in [2.45, 2.75) is 19.6 Å². The van der Waals surface area contributed by atoms with Crippen molar-refractivity contribution in [2.75, 3.05) is 6.54 Å². The summed E-state index contributed by atoms with van der Waals surface area (Å²) in [5.41, 5.74) is 0. The number of hydrogen-bond donors (Lipinski definition) is 1. The molecule has 2 aromatic rings. The molecule has 7 heteroatoms. The van der Waals surface area contributed by atoms with Crippen LogP contribution in [0.2, 0.25) is 0 Å². The Kier molecular flexibility index (Phi) is 3.62. The first-order valence-corrected chi connectivity index (χ1v) is 7.11. The highest BCUT2D eigenvalue weighted by Crippen LogP contribution is 2.21. The Morgan fingerprint density at radius 1 is 1.45 bits per heavy atom. The largest absolute Gasteiger partial charge is 0.478 e. The average Bonchev–Trinajstić information content (AvgIpc) is 3.04. The number of fused-ring (bicyclic) bond motifs is 1. The van der Waals surface area contributed by atoms with Crippen LogP contribution in [0.5, 0.6) is 0 Å². The van der Waals surface area contributed by atoms with E-state index in [-0.39, 0.29) is 0 Å². The summed E-state index contributed by atoms with van der Waals surface area (Å²) in [5, 5.41) is 16.6. The highest BCUT2D eigenvalue weighted by Gasteiger charge is 2.17. The van der Waals surface area contributed by atoms with Gasteiger partial charge in [0.05, 0.1) is 6.54 Å². The van der Waals surface area contributed by atoms with Crippen molar-refractivity contribution in [1.29, 1.82) is 0 Å². The SMILES string of the molecule is O=C(O)C=Cc1ccc(CN2CCn3cnnc3C2)s1. The van der Waals surface area contributed by atoms with E-state index in [0.717, 1.165) is 36.9 Å². The number of carboxylic acids is 1. The first-order chi connectivity index (χ1) is 9.70. The summed E-state index contributed by atoms with van der Waals surface area (Å²) in [7, 11) is 0. The topological polar surface area (TPSA) is 71.2 Å². The second kappa shape index (κ2) is 5.56. The Morgan fingerprint density at radius 2 is 2.35 bits per heavy atom.